The molecular weight excluding hydrogens is 244 g/mol. The van der Waals surface area contributed by atoms with Crippen LogP contribution in [0.2, 0.25) is 0 Å². The van der Waals surface area contributed by atoms with E-state index in [0.29, 0.717) is 12.8 Å². The Morgan fingerprint density at radius 2 is 1.89 bits per heavy atom. The molecule has 1 saturated heterocycles. The number of carboxylic acid groups (broad SMARTS) is 1. The van der Waals surface area contributed by atoms with E-state index in [4.69, 9.17) is 5.11 Å². The molecule has 1 aromatic rings. The fraction of sp³-hybridized carbons (Fsp3) is 0.333. The molecule has 18 heavy (non-hydrogen) atoms. The van der Waals surface area contributed by atoms with Crippen molar-refractivity contribution in [2.24, 2.45) is 0 Å². The van der Waals surface area contributed by atoms with Gasteiger partial charge in [0.1, 0.15) is 23.2 Å². The monoisotopic (exact) mass is 255 g/mol. The van der Waals surface area contributed by atoms with Crippen LogP contribution >= 0.6 is 0 Å². The normalized spacial score (nSPS) is 19.0. The van der Waals surface area contributed by atoms with Gasteiger partial charge in [-0.05, 0) is 25.0 Å². The summed E-state index contributed by atoms with van der Waals surface area (Å²) in [6, 6.07) is 2.10. The number of carbonyl (C=O) groups is 2. The molecule has 0 radical (unpaired) electrons. The number of benzene rings is 1. The molecule has 0 spiro atoms. The van der Waals surface area contributed by atoms with Crippen molar-refractivity contribution < 1.29 is 23.5 Å². The highest BCUT2D eigenvalue weighted by Gasteiger charge is 2.36. The van der Waals surface area contributed by atoms with Crippen molar-refractivity contribution in [1.82, 2.24) is 4.90 Å². The number of nitrogens with zero attached hydrogens (tertiary/aromatic N) is 1. The van der Waals surface area contributed by atoms with Gasteiger partial charge in [0.2, 0.25) is 0 Å². The Morgan fingerprint density at radius 1 is 1.28 bits per heavy atom. The highest BCUT2D eigenvalue weighted by molar-refractivity contribution is 5.97. The Morgan fingerprint density at radius 3 is 2.44 bits per heavy atom. The molecule has 0 aromatic heterocycles. The number of hydrogen-bond acceptors (Lipinski definition) is 2. The third-order valence-electron chi connectivity index (χ3n) is 2.98. The van der Waals surface area contributed by atoms with E-state index in [9.17, 15) is 18.4 Å². The quantitative estimate of drug-likeness (QED) is 0.874. The van der Waals surface area contributed by atoms with Gasteiger partial charge in [0, 0.05) is 6.54 Å². The second kappa shape index (κ2) is 4.72. The molecule has 1 aliphatic heterocycles. The standard InChI is InChI=1S/C12H11F2NO3/c13-7-3-1-4-8(14)10(7)11(16)15-6-2-5-9(15)12(17)18/h1,3-4,9H,2,5-6H2,(H,17,18). The first-order chi connectivity index (χ1) is 8.52. The highest BCUT2D eigenvalue weighted by atomic mass is 19.1. The fourth-order valence-electron chi connectivity index (χ4n) is 2.11. The molecule has 6 heteroatoms. The lowest BCUT2D eigenvalue weighted by molar-refractivity contribution is -0.141. The van der Waals surface area contributed by atoms with Crippen molar-refractivity contribution in [3.05, 3.63) is 35.4 Å². The lowest BCUT2D eigenvalue weighted by Gasteiger charge is -2.21. The molecular formula is C12H11F2NO3. The summed E-state index contributed by atoms with van der Waals surface area (Å²) in [5.41, 5.74) is -0.689. The smallest absolute Gasteiger partial charge is 0.326 e. The molecule has 1 atom stereocenters. The van der Waals surface area contributed by atoms with Crippen LogP contribution in [0.1, 0.15) is 23.2 Å². The van der Waals surface area contributed by atoms with Crippen molar-refractivity contribution in [2.45, 2.75) is 18.9 Å². The van der Waals surface area contributed by atoms with Gasteiger partial charge in [0.15, 0.2) is 0 Å². The van der Waals surface area contributed by atoms with E-state index in [1.807, 2.05) is 0 Å². The van der Waals surface area contributed by atoms with Gasteiger partial charge < -0.3 is 10.0 Å². The van der Waals surface area contributed by atoms with Gasteiger partial charge in [-0.2, -0.15) is 0 Å². The van der Waals surface area contributed by atoms with Crippen LogP contribution in [0.3, 0.4) is 0 Å². The molecule has 4 nitrogen and oxygen atoms in total. The zero-order chi connectivity index (χ0) is 13.3. The third-order valence-corrected chi connectivity index (χ3v) is 2.98. The molecule has 1 fully saturated rings. The summed E-state index contributed by atoms with van der Waals surface area (Å²) in [4.78, 5) is 23.9. The Kier molecular flexibility index (Phi) is 3.27. The molecule has 1 aliphatic rings. The Balaban J connectivity index is 2.34. The van der Waals surface area contributed by atoms with E-state index in [-0.39, 0.29) is 6.54 Å². The van der Waals surface area contributed by atoms with Gasteiger partial charge in [0.25, 0.3) is 5.91 Å². The number of halogens is 2. The predicted molar refractivity (Wildman–Crippen MR) is 58.1 cm³/mol. The molecule has 1 amide bonds. The van der Waals surface area contributed by atoms with Crippen molar-refractivity contribution >= 4 is 11.9 Å². The average Bonchev–Trinajstić information content (AvgIpc) is 2.77. The van der Waals surface area contributed by atoms with Crippen LogP contribution in [0.15, 0.2) is 18.2 Å². The maximum atomic E-state index is 13.4. The Labute approximate surface area is 102 Å². The fourth-order valence-corrected chi connectivity index (χ4v) is 2.11. The summed E-state index contributed by atoms with van der Waals surface area (Å²) in [5.74, 6) is -4.01. The zero-order valence-corrected chi connectivity index (χ0v) is 9.40. The van der Waals surface area contributed by atoms with Gasteiger partial charge in [-0.25, -0.2) is 13.6 Å². The van der Waals surface area contributed by atoms with E-state index in [0.717, 1.165) is 23.1 Å². The van der Waals surface area contributed by atoms with Crippen LogP contribution in [0.4, 0.5) is 8.78 Å². The minimum atomic E-state index is -1.16. The average molecular weight is 255 g/mol. The Hall–Kier alpha value is -1.98. The number of carbonyl (C=O) groups excluding carboxylic acids is 1. The molecule has 1 N–H and O–H groups in total. The molecule has 0 bridgehead atoms. The number of aliphatic carboxylic acids is 1. The van der Waals surface area contributed by atoms with Gasteiger partial charge >= 0.3 is 5.97 Å². The van der Waals surface area contributed by atoms with Crippen LogP contribution < -0.4 is 0 Å². The van der Waals surface area contributed by atoms with Crippen LogP contribution in [0.25, 0.3) is 0 Å². The van der Waals surface area contributed by atoms with E-state index < -0.39 is 35.1 Å². The topological polar surface area (TPSA) is 57.6 Å². The largest absolute Gasteiger partial charge is 0.480 e. The maximum Gasteiger partial charge on any atom is 0.326 e. The summed E-state index contributed by atoms with van der Waals surface area (Å²) in [6.07, 6.45) is 0.815. The second-order valence-corrected chi connectivity index (χ2v) is 4.09. The number of hydrogen-bond donors (Lipinski definition) is 1. The van der Waals surface area contributed by atoms with Crippen molar-refractivity contribution in [2.75, 3.05) is 6.54 Å². The van der Waals surface area contributed by atoms with E-state index >= 15 is 0 Å². The molecule has 0 saturated carbocycles. The molecule has 1 unspecified atom stereocenters. The lowest BCUT2D eigenvalue weighted by atomic mass is 10.1. The molecule has 1 aromatic carbocycles. The van der Waals surface area contributed by atoms with Crippen molar-refractivity contribution in [3.8, 4) is 0 Å². The van der Waals surface area contributed by atoms with Gasteiger partial charge in [-0.3, -0.25) is 4.79 Å². The summed E-state index contributed by atoms with van der Waals surface area (Å²) in [6.45, 7) is 0.198. The first kappa shape index (κ1) is 12.5. The van der Waals surface area contributed by atoms with Crippen LogP contribution in [-0.4, -0.2) is 34.5 Å². The number of amides is 1. The van der Waals surface area contributed by atoms with Gasteiger partial charge in [0.05, 0.1) is 0 Å². The molecule has 2 rings (SSSR count). The van der Waals surface area contributed by atoms with Crippen LogP contribution in [-0.2, 0) is 4.79 Å². The van der Waals surface area contributed by atoms with Gasteiger partial charge in [-0.15, -0.1) is 0 Å². The molecule has 0 aliphatic carbocycles. The highest BCUT2D eigenvalue weighted by Crippen LogP contribution is 2.22. The van der Waals surface area contributed by atoms with Gasteiger partial charge in [-0.1, -0.05) is 6.07 Å². The third kappa shape index (κ3) is 2.05. The maximum absolute atomic E-state index is 13.4. The summed E-state index contributed by atoms with van der Waals surface area (Å²) in [7, 11) is 0. The SMILES string of the molecule is O=C(O)C1CCCN1C(=O)c1c(F)cccc1F. The van der Waals surface area contributed by atoms with Crippen molar-refractivity contribution in [1.29, 1.82) is 0 Å². The minimum absolute atomic E-state index is 0.198. The predicted octanol–water partition coefficient (Wildman–Crippen LogP) is 1.65. The van der Waals surface area contributed by atoms with E-state index in [1.165, 1.54) is 0 Å². The summed E-state index contributed by atoms with van der Waals surface area (Å²) >= 11 is 0. The number of carboxylic acids is 1. The van der Waals surface area contributed by atoms with E-state index in [1.54, 1.807) is 0 Å². The van der Waals surface area contributed by atoms with Crippen LogP contribution in [0, 0.1) is 11.6 Å². The second-order valence-electron chi connectivity index (χ2n) is 4.09. The zero-order valence-electron chi connectivity index (χ0n) is 9.40. The summed E-state index contributed by atoms with van der Waals surface area (Å²) in [5, 5.41) is 8.94. The van der Waals surface area contributed by atoms with Crippen LogP contribution in [0.5, 0.6) is 0 Å². The first-order valence-corrected chi connectivity index (χ1v) is 5.50. The molecule has 1 heterocycles. The van der Waals surface area contributed by atoms with E-state index in [2.05, 4.69) is 0 Å². The molecule has 96 valence electrons. The van der Waals surface area contributed by atoms with Crippen molar-refractivity contribution in [3.63, 3.8) is 0 Å². The summed E-state index contributed by atoms with van der Waals surface area (Å²) < 4.78 is 26.9. The number of rotatable bonds is 2. The Bertz CT molecular complexity index is 484. The number of likely N-dealkylation sites (tertiary alicyclic amines) is 1. The lowest BCUT2D eigenvalue weighted by Crippen LogP contribution is -2.41. The first-order valence-electron chi connectivity index (χ1n) is 5.50. The minimum Gasteiger partial charge on any atom is -0.480 e.